The number of hydrogen-bond donors (Lipinski definition) is 0. The highest BCUT2D eigenvalue weighted by Crippen LogP contribution is 2.28. The number of rotatable bonds is 4. The molecule has 0 saturated carbocycles. The van der Waals surface area contributed by atoms with Crippen molar-refractivity contribution in [3.63, 3.8) is 0 Å². The van der Waals surface area contributed by atoms with E-state index in [0.717, 1.165) is 34.1 Å². The number of anilines is 1. The van der Waals surface area contributed by atoms with Crippen LogP contribution in [0.1, 0.15) is 21.6 Å². The van der Waals surface area contributed by atoms with Gasteiger partial charge in [-0.2, -0.15) is 5.10 Å². The minimum atomic E-state index is -0.0626. The molecule has 0 unspecified atom stereocenters. The highest BCUT2D eigenvalue weighted by atomic mass is 35.5. The Morgan fingerprint density at radius 1 is 1.10 bits per heavy atom. The lowest BCUT2D eigenvalue weighted by Crippen LogP contribution is -2.48. The van der Waals surface area contributed by atoms with Gasteiger partial charge >= 0.3 is 0 Å². The molecule has 0 radical (unpaired) electrons. The molecule has 0 N–H and O–H groups in total. The van der Waals surface area contributed by atoms with Crippen LogP contribution >= 0.6 is 22.9 Å². The zero-order valence-electron chi connectivity index (χ0n) is 17.0. The van der Waals surface area contributed by atoms with E-state index in [1.54, 1.807) is 22.2 Å². The number of halogens is 1. The van der Waals surface area contributed by atoms with E-state index in [1.807, 2.05) is 54.3 Å². The predicted molar refractivity (Wildman–Crippen MR) is 123 cm³/mol. The van der Waals surface area contributed by atoms with E-state index in [4.69, 9.17) is 11.6 Å². The monoisotopic (exact) mass is 452 g/mol. The molecule has 1 aromatic carbocycles. The van der Waals surface area contributed by atoms with Crippen LogP contribution in [0.4, 0.5) is 5.13 Å². The molecule has 158 valence electrons. The zero-order valence-corrected chi connectivity index (χ0v) is 18.6. The first kappa shape index (κ1) is 20.0. The summed E-state index contributed by atoms with van der Waals surface area (Å²) >= 11 is 8.18. The van der Waals surface area contributed by atoms with Gasteiger partial charge in [-0.05, 0) is 24.6 Å². The van der Waals surface area contributed by atoms with Crippen LogP contribution in [-0.4, -0.2) is 56.7 Å². The van der Waals surface area contributed by atoms with Crippen LogP contribution in [0.5, 0.6) is 0 Å². The third kappa shape index (κ3) is 3.88. The van der Waals surface area contributed by atoms with Crippen molar-refractivity contribution in [3.05, 3.63) is 70.6 Å². The number of carbonyl (C=O) groups is 1. The van der Waals surface area contributed by atoms with Crippen LogP contribution in [0, 0.1) is 6.92 Å². The Morgan fingerprint density at radius 3 is 2.61 bits per heavy atom. The average molecular weight is 453 g/mol. The molecule has 31 heavy (non-hydrogen) atoms. The number of fused-ring (bicyclic) bond motifs is 1. The maximum atomic E-state index is 13.2. The molecule has 4 aromatic rings. The first-order chi connectivity index (χ1) is 15.1. The second-order valence-electron chi connectivity index (χ2n) is 7.50. The Morgan fingerprint density at radius 2 is 1.87 bits per heavy atom. The fourth-order valence-corrected chi connectivity index (χ4v) is 5.09. The van der Waals surface area contributed by atoms with E-state index in [1.165, 1.54) is 0 Å². The quantitative estimate of drug-likeness (QED) is 0.470. The van der Waals surface area contributed by atoms with E-state index in [-0.39, 0.29) is 5.91 Å². The number of aryl methyl sites for hydroxylation is 1. The second-order valence-corrected chi connectivity index (χ2v) is 8.81. The minimum absolute atomic E-state index is 0.0626. The normalized spacial score (nSPS) is 14.4. The smallest absolute Gasteiger partial charge is 0.259 e. The van der Waals surface area contributed by atoms with Crippen molar-refractivity contribution < 1.29 is 4.79 Å². The summed E-state index contributed by atoms with van der Waals surface area (Å²) in [6, 6.07) is 13.8. The Labute approximate surface area is 188 Å². The topological polar surface area (TPSA) is 67.2 Å². The number of nitrogens with zero attached hydrogens (tertiary/aromatic N) is 6. The molecule has 1 amide bonds. The van der Waals surface area contributed by atoms with E-state index >= 15 is 0 Å². The molecule has 0 spiro atoms. The summed E-state index contributed by atoms with van der Waals surface area (Å²) < 4.78 is 1.70. The Hall–Kier alpha value is -2.97. The lowest BCUT2D eigenvalue weighted by Gasteiger charge is -2.34. The van der Waals surface area contributed by atoms with Crippen molar-refractivity contribution in [2.75, 3.05) is 31.1 Å². The first-order valence-corrected chi connectivity index (χ1v) is 11.3. The predicted octanol–water partition coefficient (Wildman–Crippen LogP) is 3.86. The number of pyridine rings is 1. The number of piperazine rings is 1. The van der Waals surface area contributed by atoms with Gasteiger partial charge < -0.3 is 9.80 Å². The van der Waals surface area contributed by atoms with E-state index in [9.17, 15) is 4.79 Å². The second kappa shape index (κ2) is 8.28. The molecule has 1 saturated heterocycles. The SMILES string of the molecule is Cc1nn(Cc2ccccc2)c(Cl)c1C(=O)N1CCN(c2nc3cccnc3s2)CC1. The largest absolute Gasteiger partial charge is 0.344 e. The minimum Gasteiger partial charge on any atom is -0.344 e. The molecule has 7 nitrogen and oxygen atoms in total. The van der Waals surface area contributed by atoms with Crippen LogP contribution < -0.4 is 4.90 Å². The van der Waals surface area contributed by atoms with Crippen molar-refractivity contribution in [1.29, 1.82) is 0 Å². The molecule has 0 bridgehead atoms. The Bertz CT molecular complexity index is 1200. The number of thiazole rings is 1. The van der Waals surface area contributed by atoms with Gasteiger partial charge in [-0.25, -0.2) is 14.6 Å². The zero-order chi connectivity index (χ0) is 21.4. The summed E-state index contributed by atoms with van der Waals surface area (Å²) in [5, 5.41) is 5.86. The summed E-state index contributed by atoms with van der Waals surface area (Å²) in [5.74, 6) is -0.0626. The van der Waals surface area contributed by atoms with Gasteiger partial charge in [0.05, 0.1) is 17.8 Å². The van der Waals surface area contributed by atoms with Crippen molar-refractivity contribution in [2.45, 2.75) is 13.5 Å². The molecule has 1 aliphatic rings. The maximum Gasteiger partial charge on any atom is 0.259 e. The average Bonchev–Trinajstić information content (AvgIpc) is 3.35. The fourth-order valence-electron chi connectivity index (χ4n) is 3.81. The number of aromatic nitrogens is 4. The van der Waals surface area contributed by atoms with Crippen molar-refractivity contribution in [2.24, 2.45) is 0 Å². The van der Waals surface area contributed by atoms with E-state index in [2.05, 4.69) is 20.0 Å². The summed E-state index contributed by atoms with van der Waals surface area (Å²) in [6.07, 6.45) is 1.78. The molecule has 3 aromatic heterocycles. The summed E-state index contributed by atoms with van der Waals surface area (Å²) in [7, 11) is 0. The molecule has 1 aliphatic heterocycles. The molecule has 0 aliphatic carbocycles. The number of hydrogen-bond acceptors (Lipinski definition) is 6. The van der Waals surface area contributed by atoms with Crippen molar-refractivity contribution in [3.8, 4) is 0 Å². The molecular formula is C22H21ClN6OS. The van der Waals surface area contributed by atoms with Gasteiger partial charge in [-0.15, -0.1) is 0 Å². The summed E-state index contributed by atoms with van der Waals surface area (Å²) in [4.78, 5) is 27.3. The Balaban J connectivity index is 1.29. The molecule has 4 heterocycles. The van der Waals surface area contributed by atoms with Crippen LogP contribution in [0.25, 0.3) is 10.3 Å². The van der Waals surface area contributed by atoms with Gasteiger partial charge in [0.15, 0.2) is 5.13 Å². The molecular weight excluding hydrogens is 432 g/mol. The highest BCUT2D eigenvalue weighted by Gasteiger charge is 2.28. The fraction of sp³-hybridized carbons (Fsp3) is 0.273. The van der Waals surface area contributed by atoms with Gasteiger partial charge in [-0.1, -0.05) is 53.3 Å². The first-order valence-electron chi connectivity index (χ1n) is 10.1. The lowest BCUT2D eigenvalue weighted by atomic mass is 10.2. The van der Waals surface area contributed by atoms with Gasteiger partial charge in [0.25, 0.3) is 5.91 Å². The van der Waals surface area contributed by atoms with Crippen molar-refractivity contribution in [1.82, 2.24) is 24.6 Å². The van der Waals surface area contributed by atoms with E-state index in [0.29, 0.717) is 36.0 Å². The maximum absolute atomic E-state index is 13.2. The van der Waals surface area contributed by atoms with Crippen molar-refractivity contribution >= 4 is 44.3 Å². The van der Waals surface area contributed by atoms with Crippen LogP contribution in [-0.2, 0) is 6.54 Å². The number of carbonyl (C=O) groups excluding carboxylic acids is 1. The third-order valence-electron chi connectivity index (χ3n) is 5.45. The van der Waals surface area contributed by atoms with Gasteiger partial charge in [0, 0.05) is 32.4 Å². The molecule has 5 rings (SSSR count). The van der Waals surface area contributed by atoms with Gasteiger partial charge in [-0.3, -0.25) is 4.79 Å². The lowest BCUT2D eigenvalue weighted by molar-refractivity contribution is 0.0746. The van der Waals surface area contributed by atoms with Crippen LogP contribution in [0.3, 0.4) is 0 Å². The molecule has 9 heteroatoms. The molecule has 0 atom stereocenters. The molecule has 1 fully saturated rings. The standard InChI is InChI=1S/C22H21ClN6OS/c1-15-18(19(23)29(26-15)14-16-6-3-2-4-7-16)21(30)27-10-12-28(13-11-27)22-25-17-8-5-9-24-20(17)31-22/h2-9H,10-14H2,1H3. The highest BCUT2D eigenvalue weighted by molar-refractivity contribution is 7.21. The van der Waals surface area contributed by atoms with E-state index < -0.39 is 0 Å². The van der Waals surface area contributed by atoms with Gasteiger partial charge in [0.2, 0.25) is 0 Å². The van der Waals surface area contributed by atoms with Crippen LogP contribution in [0.15, 0.2) is 48.7 Å². The Kier molecular flexibility index (Phi) is 5.33. The van der Waals surface area contributed by atoms with Crippen LogP contribution in [0.2, 0.25) is 5.15 Å². The number of amides is 1. The number of benzene rings is 1. The summed E-state index contributed by atoms with van der Waals surface area (Å²) in [6.45, 7) is 5.04. The summed E-state index contributed by atoms with van der Waals surface area (Å²) in [5.41, 5.74) is 3.15. The third-order valence-corrected chi connectivity index (χ3v) is 6.87. The van der Waals surface area contributed by atoms with Gasteiger partial charge in [0.1, 0.15) is 15.5 Å².